The molecule has 0 radical (unpaired) electrons. The largest absolute Gasteiger partial charge is 0.465 e. The van der Waals surface area contributed by atoms with Gasteiger partial charge in [0.1, 0.15) is 17.6 Å². The molecule has 0 unspecified atom stereocenters. The summed E-state index contributed by atoms with van der Waals surface area (Å²) in [7, 11) is 1.33. The highest BCUT2D eigenvalue weighted by Gasteiger charge is 2.16. The van der Waals surface area contributed by atoms with Crippen LogP contribution in [0.3, 0.4) is 0 Å². The van der Waals surface area contributed by atoms with Crippen molar-refractivity contribution in [2.24, 2.45) is 0 Å². The molecule has 25 heavy (non-hydrogen) atoms. The maximum Gasteiger partial charge on any atom is 0.341 e. The number of rotatable bonds is 4. The van der Waals surface area contributed by atoms with Crippen molar-refractivity contribution < 1.29 is 14.3 Å². The quantitative estimate of drug-likeness (QED) is 0.680. The number of hydrogen-bond donors (Lipinski definition) is 0. The van der Waals surface area contributed by atoms with E-state index in [4.69, 9.17) is 9.47 Å². The Morgan fingerprint density at radius 2 is 1.76 bits per heavy atom. The third-order valence-electron chi connectivity index (χ3n) is 3.68. The second kappa shape index (κ2) is 6.72. The van der Waals surface area contributed by atoms with Gasteiger partial charge < -0.3 is 9.47 Å². The summed E-state index contributed by atoms with van der Waals surface area (Å²) in [6.45, 7) is 5.78. The molecule has 0 saturated carbocycles. The SMILES string of the molecule is COC(=O)c1cnn(-c2cc(Oc3cc(C)cc(C)c3)ncn2)c1C. The first-order valence-corrected chi connectivity index (χ1v) is 7.69. The Kier molecular flexibility index (Phi) is 4.47. The highest BCUT2D eigenvalue weighted by Crippen LogP contribution is 2.23. The van der Waals surface area contributed by atoms with Gasteiger partial charge in [-0.25, -0.2) is 19.4 Å². The second-order valence-corrected chi connectivity index (χ2v) is 5.69. The summed E-state index contributed by atoms with van der Waals surface area (Å²) in [6, 6.07) is 7.60. The predicted octanol–water partition coefficient (Wildman–Crippen LogP) is 3.17. The maximum atomic E-state index is 11.7. The zero-order valence-corrected chi connectivity index (χ0v) is 14.5. The summed E-state index contributed by atoms with van der Waals surface area (Å²) in [5.74, 6) is 1.16. The van der Waals surface area contributed by atoms with Gasteiger partial charge >= 0.3 is 5.97 Å². The molecule has 0 spiro atoms. The third-order valence-corrected chi connectivity index (χ3v) is 3.68. The number of carbonyl (C=O) groups is 1. The molecular formula is C18H18N4O3. The molecule has 7 heteroatoms. The molecule has 128 valence electrons. The molecule has 3 rings (SSSR count). The van der Waals surface area contributed by atoms with Crippen LogP contribution in [0, 0.1) is 20.8 Å². The molecule has 0 aliphatic heterocycles. The van der Waals surface area contributed by atoms with E-state index in [1.54, 1.807) is 17.7 Å². The van der Waals surface area contributed by atoms with E-state index in [2.05, 4.69) is 21.1 Å². The normalized spacial score (nSPS) is 10.6. The fourth-order valence-corrected chi connectivity index (χ4v) is 2.57. The minimum Gasteiger partial charge on any atom is -0.465 e. The third kappa shape index (κ3) is 3.50. The minimum absolute atomic E-state index is 0.387. The Morgan fingerprint density at radius 3 is 2.44 bits per heavy atom. The number of ether oxygens (including phenoxy) is 2. The van der Waals surface area contributed by atoms with E-state index in [0.29, 0.717) is 28.7 Å². The molecular weight excluding hydrogens is 320 g/mol. The van der Waals surface area contributed by atoms with Crippen LogP contribution in [0.15, 0.2) is 36.8 Å². The molecule has 7 nitrogen and oxygen atoms in total. The van der Waals surface area contributed by atoms with Crippen molar-refractivity contribution in [1.29, 1.82) is 0 Å². The molecule has 0 N–H and O–H groups in total. The van der Waals surface area contributed by atoms with Gasteiger partial charge in [-0.15, -0.1) is 0 Å². The lowest BCUT2D eigenvalue weighted by Crippen LogP contribution is -2.06. The van der Waals surface area contributed by atoms with Crippen molar-refractivity contribution in [1.82, 2.24) is 19.7 Å². The van der Waals surface area contributed by atoms with Crippen molar-refractivity contribution in [3.05, 3.63) is 59.2 Å². The number of aromatic nitrogens is 4. The van der Waals surface area contributed by atoms with Crippen LogP contribution in [-0.4, -0.2) is 32.8 Å². The predicted molar refractivity (Wildman–Crippen MR) is 91.2 cm³/mol. The number of nitrogens with zero attached hydrogens (tertiary/aromatic N) is 4. The van der Waals surface area contributed by atoms with Gasteiger partial charge in [-0.1, -0.05) is 6.07 Å². The zero-order valence-electron chi connectivity index (χ0n) is 14.5. The van der Waals surface area contributed by atoms with Gasteiger partial charge in [0.05, 0.1) is 19.0 Å². The molecule has 0 aliphatic rings. The Morgan fingerprint density at radius 1 is 1.04 bits per heavy atom. The molecule has 0 bridgehead atoms. The first kappa shape index (κ1) is 16.6. The summed E-state index contributed by atoms with van der Waals surface area (Å²) in [4.78, 5) is 20.1. The average molecular weight is 338 g/mol. The number of hydrogen-bond acceptors (Lipinski definition) is 6. The Labute approximate surface area is 145 Å². The highest BCUT2D eigenvalue weighted by atomic mass is 16.5. The minimum atomic E-state index is -0.440. The van der Waals surface area contributed by atoms with E-state index >= 15 is 0 Å². The van der Waals surface area contributed by atoms with Gasteiger partial charge in [0.25, 0.3) is 0 Å². The Hall–Kier alpha value is -3.22. The number of methoxy groups -OCH3 is 1. The lowest BCUT2D eigenvalue weighted by atomic mass is 10.1. The second-order valence-electron chi connectivity index (χ2n) is 5.69. The van der Waals surface area contributed by atoms with Crippen molar-refractivity contribution in [2.45, 2.75) is 20.8 Å². The Balaban J connectivity index is 1.92. The average Bonchev–Trinajstić information content (AvgIpc) is 2.95. The Bertz CT molecular complexity index is 914. The van der Waals surface area contributed by atoms with Crippen LogP contribution in [-0.2, 0) is 4.74 Å². The lowest BCUT2D eigenvalue weighted by molar-refractivity contribution is 0.0600. The van der Waals surface area contributed by atoms with Crippen molar-refractivity contribution in [3.8, 4) is 17.4 Å². The van der Waals surface area contributed by atoms with Crippen LogP contribution in [0.5, 0.6) is 11.6 Å². The molecule has 0 atom stereocenters. The summed E-state index contributed by atoms with van der Waals surface area (Å²) in [6.07, 6.45) is 2.85. The molecule has 2 heterocycles. The molecule has 0 aliphatic carbocycles. The van der Waals surface area contributed by atoms with Gasteiger partial charge in [0.15, 0.2) is 5.82 Å². The van der Waals surface area contributed by atoms with Gasteiger partial charge in [-0.3, -0.25) is 0 Å². The van der Waals surface area contributed by atoms with Gasteiger partial charge in [0.2, 0.25) is 5.88 Å². The van der Waals surface area contributed by atoms with Crippen LogP contribution < -0.4 is 4.74 Å². The van der Waals surface area contributed by atoms with Crippen LogP contribution in [0.25, 0.3) is 5.82 Å². The van der Waals surface area contributed by atoms with E-state index in [9.17, 15) is 4.79 Å². The van der Waals surface area contributed by atoms with Crippen LogP contribution >= 0.6 is 0 Å². The molecule has 0 saturated heterocycles. The monoisotopic (exact) mass is 338 g/mol. The highest BCUT2D eigenvalue weighted by molar-refractivity contribution is 5.90. The number of esters is 1. The van der Waals surface area contributed by atoms with Crippen molar-refractivity contribution in [3.63, 3.8) is 0 Å². The van der Waals surface area contributed by atoms with E-state index in [1.165, 1.54) is 19.6 Å². The van der Waals surface area contributed by atoms with Crippen LogP contribution in [0.1, 0.15) is 27.2 Å². The van der Waals surface area contributed by atoms with Gasteiger partial charge in [-0.2, -0.15) is 5.10 Å². The summed E-state index contributed by atoms with van der Waals surface area (Å²) >= 11 is 0. The topological polar surface area (TPSA) is 79.1 Å². The summed E-state index contributed by atoms with van der Waals surface area (Å²) in [5.41, 5.74) is 3.23. The lowest BCUT2D eigenvalue weighted by Gasteiger charge is -2.09. The fourth-order valence-electron chi connectivity index (χ4n) is 2.57. The van der Waals surface area contributed by atoms with Crippen LogP contribution in [0.2, 0.25) is 0 Å². The smallest absolute Gasteiger partial charge is 0.341 e. The van der Waals surface area contributed by atoms with Crippen molar-refractivity contribution >= 4 is 5.97 Å². The van der Waals surface area contributed by atoms with Crippen molar-refractivity contribution in [2.75, 3.05) is 7.11 Å². The fraction of sp³-hybridized carbons (Fsp3) is 0.222. The van der Waals surface area contributed by atoms with E-state index in [1.807, 2.05) is 26.0 Å². The molecule has 0 amide bonds. The number of carbonyl (C=O) groups excluding carboxylic acids is 1. The van der Waals surface area contributed by atoms with Gasteiger partial charge in [-0.05, 0) is 44.0 Å². The number of aryl methyl sites for hydroxylation is 2. The zero-order chi connectivity index (χ0) is 18.0. The van der Waals surface area contributed by atoms with Crippen LogP contribution in [0.4, 0.5) is 0 Å². The van der Waals surface area contributed by atoms with E-state index < -0.39 is 5.97 Å². The van der Waals surface area contributed by atoms with E-state index in [-0.39, 0.29) is 0 Å². The summed E-state index contributed by atoms with van der Waals surface area (Å²) in [5, 5.41) is 4.20. The summed E-state index contributed by atoms with van der Waals surface area (Å²) < 4.78 is 12.1. The van der Waals surface area contributed by atoms with E-state index in [0.717, 1.165) is 11.1 Å². The maximum absolute atomic E-state index is 11.7. The first-order chi connectivity index (χ1) is 12.0. The molecule has 3 aromatic rings. The molecule has 2 aromatic heterocycles. The standard InChI is InChI=1S/C18H18N4O3/c1-11-5-12(2)7-14(6-11)25-17-8-16(19-10-20-17)22-13(3)15(9-21-22)18(23)24-4/h5-10H,1-4H3. The molecule has 1 aromatic carbocycles. The van der Waals surface area contributed by atoms with Gasteiger partial charge in [0, 0.05) is 6.07 Å². The number of benzene rings is 1. The first-order valence-electron chi connectivity index (χ1n) is 7.69. The molecule has 0 fully saturated rings.